The van der Waals surface area contributed by atoms with Crippen LogP contribution in [0.5, 0.6) is 0 Å². The molecule has 0 aliphatic carbocycles. The zero-order valence-corrected chi connectivity index (χ0v) is 17.8. The first-order valence-electron chi connectivity index (χ1n) is 10.0. The number of hydrazine groups is 1. The van der Waals surface area contributed by atoms with Gasteiger partial charge in [-0.25, -0.2) is 15.2 Å². The van der Waals surface area contributed by atoms with Crippen LogP contribution in [-0.2, 0) is 19.6 Å². The van der Waals surface area contributed by atoms with E-state index in [1.807, 2.05) is 11.5 Å². The van der Waals surface area contributed by atoms with E-state index < -0.39 is 47.1 Å². The summed E-state index contributed by atoms with van der Waals surface area (Å²) in [6.07, 6.45) is -3.62. The van der Waals surface area contributed by atoms with Gasteiger partial charge in [-0.1, -0.05) is 12.1 Å². The van der Waals surface area contributed by atoms with Crippen molar-refractivity contribution in [3.63, 3.8) is 0 Å². The zero-order valence-electron chi connectivity index (χ0n) is 17.8. The molecule has 0 aliphatic heterocycles. The molecule has 0 unspecified atom stereocenters. The molecule has 0 spiro atoms. The fourth-order valence-electron chi connectivity index (χ4n) is 3.71. The van der Waals surface area contributed by atoms with Gasteiger partial charge in [-0.2, -0.15) is 13.2 Å². The van der Waals surface area contributed by atoms with Crippen LogP contribution in [0, 0.1) is 5.82 Å². The van der Waals surface area contributed by atoms with Crippen molar-refractivity contribution < 1.29 is 27.2 Å². The molecule has 10 heteroatoms. The smallest absolute Gasteiger partial charge is 0.351 e. The fourth-order valence-corrected chi connectivity index (χ4v) is 3.71. The lowest BCUT2D eigenvalue weighted by atomic mass is 9.96. The van der Waals surface area contributed by atoms with Gasteiger partial charge in [0.1, 0.15) is 11.5 Å². The minimum atomic E-state index is -4.82. The van der Waals surface area contributed by atoms with Crippen LogP contribution in [0.1, 0.15) is 32.0 Å². The van der Waals surface area contributed by atoms with Gasteiger partial charge in [0.25, 0.3) is 5.91 Å². The van der Waals surface area contributed by atoms with Crippen molar-refractivity contribution in [2.75, 3.05) is 0 Å². The van der Waals surface area contributed by atoms with Gasteiger partial charge < -0.3 is 4.57 Å². The summed E-state index contributed by atoms with van der Waals surface area (Å²) in [7, 11) is 1.75. The zero-order chi connectivity index (χ0) is 24.6. The number of benzene rings is 2. The monoisotopic (exact) mass is 470 g/mol. The van der Waals surface area contributed by atoms with E-state index in [9.17, 15) is 27.2 Å². The number of Topliss-reactive ketones (excluding diaryl/α,β-unsaturated/α-hetero) is 1. The van der Waals surface area contributed by atoms with Crippen molar-refractivity contribution in [2.24, 2.45) is 12.9 Å². The molecule has 0 saturated carbocycles. The number of rotatable bonds is 5. The highest BCUT2D eigenvalue weighted by Crippen LogP contribution is 2.38. The van der Waals surface area contributed by atoms with Crippen molar-refractivity contribution in [1.29, 1.82) is 0 Å². The predicted molar refractivity (Wildman–Crippen MR) is 117 cm³/mol. The highest BCUT2D eigenvalue weighted by molar-refractivity contribution is 6.01. The molecule has 0 atom stereocenters. The summed E-state index contributed by atoms with van der Waals surface area (Å²) in [5, 5.41) is 0.821. The third-order valence-corrected chi connectivity index (χ3v) is 5.43. The molecule has 4 rings (SSSR count). The van der Waals surface area contributed by atoms with Gasteiger partial charge in [0.05, 0.1) is 11.3 Å². The molecule has 3 N–H and O–H groups in total. The van der Waals surface area contributed by atoms with Gasteiger partial charge in [0, 0.05) is 36.3 Å². The molecule has 0 aliphatic rings. The number of nitrogens with two attached hydrogens (primary N) is 1. The fraction of sp³-hybridized carbons (Fsp3) is 0.125. The first-order chi connectivity index (χ1) is 16.1. The molecule has 2 aromatic carbocycles. The number of carbonyl (C=O) groups is 2. The van der Waals surface area contributed by atoms with E-state index in [0.717, 1.165) is 23.6 Å². The minimum Gasteiger partial charge on any atom is -0.351 e. The average Bonchev–Trinajstić information content (AvgIpc) is 3.18. The summed E-state index contributed by atoms with van der Waals surface area (Å²) in [6, 6.07) is 11.8. The van der Waals surface area contributed by atoms with E-state index in [0.29, 0.717) is 5.52 Å². The number of fused-ring (bicyclic) bond motifs is 1. The summed E-state index contributed by atoms with van der Waals surface area (Å²) < 4.78 is 57.1. The van der Waals surface area contributed by atoms with Gasteiger partial charge in [0.15, 0.2) is 5.78 Å². The third-order valence-electron chi connectivity index (χ3n) is 5.43. The number of aryl methyl sites for hydroxylation is 1. The summed E-state index contributed by atoms with van der Waals surface area (Å²) in [6.45, 7) is 0. The molecule has 0 radical (unpaired) electrons. The van der Waals surface area contributed by atoms with Gasteiger partial charge >= 0.3 is 6.18 Å². The predicted octanol–water partition coefficient (Wildman–Crippen LogP) is 4.43. The van der Waals surface area contributed by atoms with Gasteiger partial charge in [-0.15, -0.1) is 0 Å². The van der Waals surface area contributed by atoms with Gasteiger partial charge in [0.2, 0.25) is 0 Å². The number of nitrogens with one attached hydrogen (secondary N) is 1. The second kappa shape index (κ2) is 8.71. The molecular formula is C24H18F4N4O2. The van der Waals surface area contributed by atoms with E-state index in [1.165, 1.54) is 18.2 Å². The lowest BCUT2D eigenvalue weighted by Gasteiger charge is -2.17. The highest BCUT2D eigenvalue weighted by atomic mass is 19.4. The van der Waals surface area contributed by atoms with Gasteiger partial charge in [-0.3, -0.25) is 15.0 Å². The first-order valence-corrected chi connectivity index (χ1v) is 10.0. The second-order valence-electron chi connectivity index (χ2n) is 7.67. The lowest BCUT2D eigenvalue weighted by Crippen LogP contribution is -2.32. The van der Waals surface area contributed by atoms with Crippen molar-refractivity contribution in [2.45, 2.75) is 12.6 Å². The van der Waals surface area contributed by atoms with E-state index in [2.05, 4.69) is 4.98 Å². The Morgan fingerprint density at radius 3 is 2.41 bits per heavy atom. The largest absolute Gasteiger partial charge is 0.418 e. The van der Waals surface area contributed by atoms with Crippen LogP contribution in [0.4, 0.5) is 17.6 Å². The Hall–Kier alpha value is -4.05. The van der Waals surface area contributed by atoms with Crippen LogP contribution in [0.2, 0.25) is 0 Å². The maximum absolute atomic E-state index is 14.1. The quantitative estimate of drug-likeness (QED) is 0.149. The second-order valence-corrected chi connectivity index (χ2v) is 7.67. The molecular weight excluding hydrogens is 452 g/mol. The molecule has 34 heavy (non-hydrogen) atoms. The number of alkyl halides is 3. The Labute approximate surface area is 191 Å². The van der Waals surface area contributed by atoms with Crippen LogP contribution in [-0.4, -0.2) is 21.2 Å². The number of nitrogens with zero attached hydrogens (tertiary/aromatic N) is 2. The number of nitrogen functional groups attached to an aromatic ring is 1. The number of hydrogen-bond donors (Lipinski definition) is 2. The number of hydrogen-bond acceptors (Lipinski definition) is 4. The van der Waals surface area contributed by atoms with Gasteiger partial charge in [-0.05, 0) is 53.4 Å². The maximum atomic E-state index is 14.1. The molecule has 174 valence electrons. The normalized spacial score (nSPS) is 11.6. The summed E-state index contributed by atoms with van der Waals surface area (Å²) >= 11 is 0. The van der Waals surface area contributed by atoms with E-state index in [4.69, 9.17) is 5.84 Å². The summed E-state index contributed by atoms with van der Waals surface area (Å²) in [5.74, 6) is 3.10. The molecule has 4 aromatic rings. The number of amides is 1. The average molecular weight is 470 g/mol. The van der Waals surface area contributed by atoms with Crippen molar-refractivity contribution >= 4 is 22.6 Å². The first kappa shape index (κ1) is 23.1. The Morgan fingerprint density at radius 2 is 1.76 bits per heavy atom. The van der Waals surface area contributed by atoms with Crippen LogP contribution in [0.15, 0.2) is 60.8 Å². The van der Waals surface area contributed by atoms with E-state index in [1.54, 1.807) is 29.9 Å². The molecule has 6 nitrogen and oxygen atoms in total. The van der Waals surface area contributed by atoms with Crippen molar-refractivity contribution in [1.82, 2.24) is 15.0 Å². The highest BCUT2D eigenvalue weighted by Gasteiger charge is 2.36. The molecule has 2 aromatic heterocycles. The number of ketones is 1. The van der Waals surface area contributed by atoms with E-state index in [-0.39, 0.29) is 16.7 Å². The molecule has 0 saturated heterocycles. The van der Waals surface area contributed by atoms with Crippen LogP contribution in [0.3, 0.4) is 0 Å². The Morgan fingerprint density at radius 1 is 1.06 bits per heavy atom. The summed E-state index contributed by atoms with van der Waals surface area (Å²) in [5.41, 5.74) is 0.527. The Bertz CT molecular complexity index is 1410. The Balaban J connectivity index is 1.88. The number of carbonyl (C=O) groups excluding carboxylic acids is 2. The molecule has 0 bridgehead atoms. The number of halogens is 4. The van der Waals surface area contributed by atoms with E-state index >= 15 is 0 Å². The Kier molecular flexibility index (Phi) is 5.92. The lowest BCUT2D eigenvalue weighted by molar-refractivity contribution is -0.137. The molecule has 2 heterocycles. The topological polar surface area (TPSA) is 90.0 Å². The van der Waals surface area contributed by atoms with Crippen LogP contribution >= 0.6 is 0 Å². The number of pyridine rings is 1. The van der Waals surface area contributed by atoms with Crippen LogP contribution in [0.25, 0.3) is 22.2 Å². The standard InChI is InChI=1S/C24H18F4N4O2/c1-32-9-8-13-2-3-15(11-19(13)32)21-18(24(26,27)28)10-16(22(30-21)23(34)31-29)12-20(33)14-4-6-17(25)7-5-14/h2-11H,12,29H2,1H3,(H,31,34). The molecule has 1 amide bonds. The third kappa shape index (κ3) is 4.40. The minimum absolute atomic E-state index is 0.0762. The van der Waals surface area contributed by atoms with Crippen LogP contribution < -0.4 is 11.3 Å². The SMILES string of the molecule is Cn1ccc2ccc(-c3nc(C(=O)NN)c(CC(=O)c4ccc(F)cc4)cc3C(F)(F)F)cc21. The molecule has 0 fully saturated rings. The maximum Gasteiger partial charge on any atom is 0.418 e. The number of aromatic nitrogens is 2. The summed E-state index contributed by atoms with van der Waals surface area (Å²) in [4.78, 5) is 29.1. The van der Waals surface area contributed by atoms with Crippen molar-refractivity contribution in [3.05, 3.63) is 89.0 Å². The van der Waals surface area contributed by atoms with Crippen molar-refractivity contribution in [3.8, 4) is 11.3 Å².